The molecule has 0 heterocycles. The maximum Gasteiger partial charge on any atom is 0.283 e. The molecular weight excluding hydrogens is 363 g/mol. The molecule has 0 aromatic carbocycles. The molecule has 25 heavy (non-hydrogen) atoms. The van der Waals surface area contributed by atoms with Crippen LogP contribution in [0.4, 0.5) is 0 Å². The predicted octanol–water partition coefficient (Wildman–Crippen LogP) is -5.42. The molecule has 0 saturated heterocycles. The van der Waals surface area contributed by atoms with Gasteiger partial charge in [-0.05, 0) is 19.8 Å². The molecule has 0 aromatic heterocycles. The van der Waals surface area contributed by atoms with E-state index in [1.54, 1.807) is 0 Å². The van der Waals surface area contributed by atoms with Gasteiger partial charge in [0.05, 0.1) is 18.8 Å². The Balaban J connectivity index is 5.21. The number of thiol groups is 1. The lowest BCUT2D eigenvalue weighted by Gasteiger charge is -2.36. The molecule has 0 saturated carbocycles. The van der Waals surface area contributed by atoms with Crippen LogP contribution in [0.25, 0.3) is 0 Å². The van der Waals surface area contributed by atoms with Crippen LogP contribution in [0.2, 0.25) is 0 Å². The zero-order chi connectivity index (χ0) is 19.9. The zero-order valence-corrected chi connectivity index (χ0v) is 14.2. The van der Waals surface area contributed by atoms with Crippen LogP contribution in [0.3, 0.4) is 0 Å². The van der Waals surface area contributed by atoms with Crippen molar-refractivity contribution in [3.8, 4) is 0 Å². The van der Waals surface area contributed by atoms with Gasteiger partial charge in [-0.1, -0.05) is 0 Å². The number of rotatable bonds is 12. The molecule has 11 nitrogen and oxygen atoms in total. The molecule has 2 radical (unpaired) electrons. The number of hydrogen-bond donors (Lipinski definition) is 10. The lowest BCUT2D eigenvalue weighted by Crippen LogP contribution is -2.58. The molecule has 0 amide bonds. The summed E-state index contributed by atoms with van der Waals surface area (Å²) in [4.78, 5) is 0. The van der Waals surface area contributed by atoms with E-state index in [0.717, 1.165) is 6.92 Å². The smallest absolute Gasteiger partial charge is 0.283 e. The first-order valence-corrected chi connectivity index (χ1v) is 7.62. The van der Waals surface area contributed by atoms with Crippen molar-refractivity contribution >= 4 is 21.0 Å². The third-order valence-corrected chi connectivity index (χ3v) is 3.99. The Kier molecular flexibility index (Phi) is 11.6. The van der Waals surface area contributed by atoms with Gasteiger partial charge in [-0.25, -0.2) is 0 Å². The summed E-state index contributed by atoms with van der Waals surface area (Å²) in [5.74, 6) is 0. The highest BCUT2D eigenvalue weighted by Crippen LogP contribution is 2.20. The highest BCUT2D eigenvalue weighted by atomic mass is 32.1. The molecule has 0 rings (SSSR count). The van der Waals surface area contributed by atoms with Crippen LogP contribution in [0.15, 0.2) is 0 Å². The van der Waals surface area contributed by atoms with E-state index < -0.39 is 67.6 Å². The minimum atomic E-state index is -2.12. The summed E-state index contributed by atoms with van der Waals surface area (Å²) in [5.41, 5.74) is 0. The Bertz CT molecular complexity index is 366. The first-order valence-electron chi connectivity index (χ1n) is 7.26. The zero-order valence-electron chi connectivity index (χ0n) is 13.3. The molecular formula is C12H25BO11S. The third-order valence-electron chi connectivity index (χ3n) is 3.75. The summed E-state index contributed by atoms with van der Waals surface area (Å²) >= 11 is 3.40. The summed E-state index contributed by atoms with van der Waals surface area (Å²) in [6, 6.07) is 0. The molecule has 9 N–H and O–H groups in total. The second kappa shape index (κ2) is 11.6. The summed E-state index contributed by atoms with van der Waals surface area (Å²) in [5, 5.41) is 86.6. The number of hydrogen-bond acceptors (Lipinski definition) is 12. The molecule has 0 aliphatic carbocycles. The van der Waals surface area contributed by atoms with Crippen molar-refractivity contribution in [1.82, 2.24) is 0 Å². The highest BCUT2D eigenvalue weighted by Gasteiger charge is 2.44. The monoisotopic (exact) mass is 388 g/mol. The lowest BCUT2D eigenvalue weighted by atomic mass is 9.90. The number of aliphatic hydroxyl groups excluding tert-OH is 9. The van der Waals surface area contributed by atoms with Gasteiger partial charge in [-0.15, -0.1) is 0 Å². The van der Waals surface area contributed by atoms with Crippen LogP contribution < -0.4 is 0 Å². The van der Waals surface area contributed by atoms with Gasteiger partial charge in [-0.3, -0.25) is 0 Å². The van der Waals surface area contributed by atoms with Crippen LogP contribution in [0.1, 0.15) is 6.92 Å². The Labute approximate surface area is 151 Å². The van der Waals surface area contributed by atoms with E-state index in [2.05, 4.69) is 21.7 Å². The Hall–Kier alpha value is -0.0251. The Morgan fingerprint density at radius 3 is 1.52 bits per heavy atom. The molecule has 148 valence electrons. The molecule has 0 aliphatic rings. The number of aliphatic hydroxyl groups is 9. The normalized spacial score (nSPS) is 24.4. The van der Waals surface area contributed by atoms with Crippen LogP contribution in [0, 0.1) is 0 Å². The van der Waals surface area contributed by atoms with E-state index in [1.165, 1.54) is 0 Å². The van der Waals surface area contributed by atoms with Crippen molar-refractivity contribution in [3.05, 3.63) is 0 Å². The minimum Gasteiger partial charge on any atom is -0.440 e. The molecule has 0 spiro atoms. The van der Waals surface area contributed by atoms with Gasteiger partial charge in [0.2, 0.25) is 0 Å². The minimum absolute atomic E-state index is 0.873. The SMILES string of the molecule is [B]OC(C(O)CO)C(O)C(O)C(OS)C(O)C(O)C(O)C(O)C(C)O. The molecule has 0 aromatic rings. The predicted molar refractivity (Wildman–Crippen MR) is 85.3 cm³/mol. The van der Waals surface area contributed by atoms with E-state index in [4.69, 9.17) is 13.2 Å². The van der Waals surface area contributed by atoms with E-state index in [0.29, 0.717) is 0 Å². The third kappa shape index (κ3) is 6.57. The fourth-order valence-corrected chi connectivity index (χ4v) is 2.35. The average molecular weight is 388 g/mol. The largest absolute Gasteiger partial charge is 0.440 e. The maximum absolute atomic E-state index is 10.1. The summed E-state index contributed by atoms with van der Waals surface area (Å²) in [6.45, 7) is 0.250. The van der Waals surface area contributed by atoms with Crippen molar-refractivity contribution < 1.29 is 54.8 Å². The van der Waals surface area contributed by atoms with Gasteiger partial charge in [-0.2, -0.15) is 0 Å². The van der Waals surface area contributed by atoms with Crippen LogP contribution in [-0.2, 0) is 8.84 Å². The van der Waals surface area contributed by atoms with Crippen molar-refractivity contribution in [3.63, 3.8) is 0 Å². The van der Waals surface area contributed by atoms with Crippen molar-refractivity contribution in [1.29, 1.82) is 0 Å². The average Bonchev–Trinajstić information content (AvgIpc) is 2.59. The van der Waals surface area contributed by atoms with Crippen molar-refractivity contribution in [2.24, 2.45) is 0 Å². The van der Waals surface area contributed by atoms with Gasteiger partial charge in [0.25, 0.3) is 8.05 Å². The van der Waals surface area contributed by atoms with Gasteiger partial charge >= 0.3 is 0 Å². The summed E-state index contributed by atoms with van der Waals surface area (Å²) < 4.78 is 8.76. The van der Waals surface area contributed by atoms with Crippen LogP contribution in [0.5, 0.6) is 0 Å². The first-order chi connectivity index (χ1) is 11.5. The topological polar surface area (TPSA) is 201 Å². The van der Waals surface area contributed by atoms with E-state index in [-0.39, 0.29) is 0 Å². The fraction of sp³-hybridized carbons (Fsp3) is 1.00. The molecule has 10 unspecified atom stereocenters. The molecule has 10 atom stereocenters. The standard InChI is InChI=1S/C12H25BO11S/c1-3(15)5(17)6(18)7(19)8(20)12(24-25)10(22)9(21)11(23-13)4(16)2-14/h3-12,14-22,25H,2H2,1H3. The lowest BCUT2D eigenvalue weighted by molar-refractivity contribution is -0.179. The second-order valence-electron chi connectivity index (χ2n) is 5.60. The highest BCUT2D eigenvalue weighted by molar-refractivity contribution is 7.75. The first kappa shape index (κ1) is 25.0. The van der Waals surface area contributed by atoms with Crippen molar-refractivity contribution in [2.75, 3.05) is 6.61 Å². The second-order valence-corrected chi connectivity index (χ2v) is 5.82. The molecule has 0 aliphatic heterocycles. The Morgan fingerprint density at radius 2 is 1.16 bits per heavy atom. The van der Waals surface area contributed by atoms with E-state index in [1.807, 2.05) is 0 Å². The van der Waals surface area contributed by atoms with Gasteiger partial charge in [0, 0.05) is 0 Å². The van der Waals surface area contributed by atoms with Crippen molar-refractivity contribution in [2.45, 2.75) is 68.0 Å². The van der Waals surface area contributed by atoms with Crippen LogP contribution in [-0.4, -0.2) is 122 Å². The summed E-state index contributed by atoms with van der Waals surface area (Å²) in [6.07, 6.45) is -18.8. The molecule has 13 heteroatoms. The molecule has 0 fully saturated rings. The van der Waals surface area contributed by atoms with Gasteiger partial charge in [0.15, 0.2) is 0 Å². The van der Waals surface area contributed by atoms with Gasteiger partial charge in [0.1, 0.15) is 48.8 Å². The van der Waals surface area contributed by atoms with E-state index in [9.17, 15) is 40.9 Å². The maximum atomic E-state index is 10.1. The van der Waals surface area contributed by atoms with E-state index >= 15 is 0 Å². The summed E-state index contributed by atoms with van der Waals surface area (Å²) in [7, 11) is 4.87. The molecule has 0 bridgehead atoms. The quantitative estimate of drug-likeness (QED) is 0.0869. The Morgan fingerprint density at radius 1 is 0.760 bits per heavy atom. The van der Waals surface area contributed by atoms with Crippen LogP contribution >= 0.6 is 12.9 Å². The van der Waals surface area contributed by atoms with Gasteiger partial charge < -0.3 is 54.8 Å². The fourth-order valence-electron chi connectivity index (χ4n) is 2.10.